The van der Waals surface area contributed by atoms with Gasteiger partial charge in [0.2, 0.25) is 5.91 Å². The zero-order valence-corrected chi connectivity index (χ0v) is 18.0. The van der Waals surface area contributed by atoms with Crippen molar-refractivity contribution >= 4 is 33.3 Å². The predicted octanol–water partition coefficient (Wildman–Crippen LogP) is 4.30. The molecule has 1 aromatic carbocycles. The number of carbonyl (C=O) groups is 1. The Bertz CT molecular complexity index is 1320. The van der Waals surface area contributed by atoms with Gasteiger partial charge in [-0.15, -0.1) is 0 Å². The molecule has 1 aliphatic carbocycles. The van der Waals surface area contributed by atoms with Crippen molar-refractivity contribution < 1.29 is 4.79 Å². The molecular weight excluding hydrogens is 410 g/mol. The van der Waals surface area contributed by atoms with E-state index < -0.39 is 6.04 Å². The Morgan fingerprint density at radius 2 is 2.03 bits per heavy atom. The molecule has 31 heavy (non-hydrogen) atoms. The Kier molecular flexibility index (Phi) is 4.86. The van der Waals surface area contributed by atoms with Gasteiger partial charge in [-0.3, -0.25) is 9.59 Å². The van der Waals surface area contributed by atoms with Crippen LogP contribution in [0.2, 0.25) is 0 Å². The van der Waals surface area contributed by atoms with Crippen LogP contribution < -0.4 is 10.9 Å². The average Bonchev–Trinajstić information content (AvgIpc) is 3.53. The van der Waals surface area contributed by atoms with Gasteiger partial charge >= 0.3 is 0 Å². The minimum absolute atomic E-state index is 0.278. The van der Waals surface area contributed by atoms with Crippen molar-refractivity contribution in [2.75, 3.05) is 5.32 Å². The molecule has 3 aromatic heterocycles. The van der Waals surface area contributed by atoms with Crippen molar-refractivity contribution in [3.8, 4) is 10.6 Å². The Morgan fingerprint density at radius 3 is 2.81 bits per heavy atom. The number of fused-ring (bicyclic) bond motifs is 1. The molecule has 1 amide bonds. The van der Waals surface area contributed by atoms with E-state index in [0.717, 1.165) is 45.0 Å². The van der Waals surface area contributed by atoms with Crippen molar-refractivity contribution in [2.45, 2.75) is 38.6 Å². The molecule has 5 rings (SSSR count). The molecule has 0 radical (unpaired) electrons. The van der Waals surface area contributed by atoms with Gasteiger partial charge in [-0.2, -0.15) is 5.10 Å². The minimum Gasteiger partial charge on any atom is -0.324 e. The van der Waals surface area contributed by atoms with Gasteiger partial charge in [0.15, 0.2) is 0 Å². The fourth-order valence-corrected chi connectivity index (χ4v) is 4.54. The molecule has 1 saturated carbocycles. The minimum atomic E-state index is -0.721. The van der Waals surface area contributed by atoms with Crippen molar-refractivity contribution in [1.82, 2.24) is 19.7 Å². The van der Waals surface area contributed by atoms with E-state index in [9.17, 15) is 9.59 Å². The summed E-state index contributed by atoms with van der Waals surface area (Å²) < 4.78 is 1.28. The second-order valence-electron chi connectivity index (χ2n) is 7.81. The van der Waals surface area contributed by atoms with E-state index in [4.69, 9.17) is 0 Å². The molecule has 4 aromatic rings. The van der Waals surface area contributed by atoms with E-state index in [1.54, 1.807) is 19.2 Å². The van der Waals surface area contributed by atoms with E-state index in [0.29, 0.717) is 11.6 Å². The third-order valence-corrected chi connectivity index (χ3v) is 6.59. The lowest BCUT2D eigenvalue weighted by Crippen LogP contribution is -2.33. The highest BCUT2D eigenvalue weighted by Gasteiger charge is 2.27. The summed E-state index contributed by atoms with van der Waals surface area (Å²) in [5.41, 5.74) is 3.99. The first-order chi connectivity index (χ1) is 15.0. The normalized spacial score (nSPS) is 14.5. The predicted molar refractivity (Wildman–Crippen MR) is 121 cm³/mol. The van der Waals surface area contributed by atoms with Gasteiger partial charge < -0.3 is 5.32 Å². The number of aromatic nitrogens is 4. The van der Waals surface area contributed by atoms with Crippen LogP contribution in [0.5, 0.6) is 0 Å². The SMILES string of the molecule is Cc1c(NC(=O)C(C)n2nc(C3CC3)ccc2=O)cccc1-c1nc2cccnc2s1. The number of nitrogens with zero attached hydrogens (tertiary/aromatic N) is 4. The maximum absolute atomic E-state index is 13.0. The molecule has 1 unspecified atom stereocenters. The highest BCUT2D eigenvalue weighted by Crippen LogP contribution is 2.38. The summed E-state index contributed by atoms with van der Waals surface area (Å²) >= 11 is 1.52. The number of carbonyl (C=O) groups excluding carboxylic acids is 1. The maximum Gasteiger partial charge on any atom is 0.267 e. The first kappa shape index (κ1) is 19.6. The zero-order valence-electron chi connectivity index (χ0n) is 17.2. The van der Waals surface area contributed by atoms with E-state index in [-0.39, 0.29) is 11.5 Å². The lowest BCUT2D eigenvalue weighted by Gasteiger charge is -2.17. The molecule has 0 saturated heterocycles. The van der Waals surface area contributed by atoms with Crippen molar-refractivity contribution in [3.63, 3.8) is 0 Å². The third-order valence-electron chi connectivity index (χ3n) is 5.58. The number of rotatable bonds is 5. The summed E-state index contributed by atoms with van der Waals surface area (Å²) in [5.74, 6) is 0.123. The molecule has 156 valence electrons. The molecule has 3 heterocycles. The lowest BCUT2D eigenvalue weighted by molar-refractivity contribution is -0.119. The molecule has 0 spiro atoms. The van der Waals surface area contributed by atoms with Gasteiger partial charge in [-0.1, -0.05) is 23.5 Å². The molecule has 8 heteroatoms. The second-order valence-corrected chi connectivity index (χ2v) is 8.78. The molecule has 1 atom stereocenters. The first-order valence-corrected chi connectivity index (χ1v) is 11.0. The molecule has 7 nitrogen and oxygen atoms in total. The fourth-order valence-electron chi connectivity index (χ4n) is 3.55. The van der Waals surface area contributed by atoms with E-state index >= 15 is 0 Å². The summed E-state index contributed by atoms with van der Waals surface area (Å²) in [6.07, 6.45) is 3.92. The standard InChI is InChI=1S/C23H21N5O2S/c1-13-16(22-26-19-7-4-12-24-23(19)31-22)5-3-6-17(13)25-21(30)14(2)28-20(29)11-10-18(27-28)15-8-9-15/h3-7,10-12,14-15H,8-9H2,1-2H3,(H,25,30). The van der Waals surface area contributed by atoms with Gasteiger partial charge in [0, 0.05) is 29.4 Å². The maximum atomic E-state index is 13.0. The summed E-state index contributed by atoms with van der Waals surface area (Å²) in [7, 11) is 0. The number of nitrogens with one attached hydrogen (secondary N) is 1. The van der Waals surface area contributed by atoms with Gasteiger partial charge in [0.25, 0.3) is 5.56 Å². The van der Waals surface area contributed by atoms with Crippen molar-refractivity contribution in [1.29, 1.82) is 0 Å². The van der Waals surface area contributed by atoms with Gasteiger partial charge in [0.1, 0.15) is 21.4 Å². The first-order valence-electron chi connectivity index (χ1n) is 10.2. The number of hydrogen-bond acceptors (Lipinski definition) is 6. The molecule has 1 aliphatic rings. The number of pyridine rings is 1. The van der Waals surface area contributed by atoms with Crippen LogP contribution in [0, 0.1) is 6.92 Å². The van der Waals surface area contributed by atoms with Crippen LogP contribution in [0.4, 0.5) is 5.69 Å². The number of anilines is 1. The van der Waals surface area contributed by atoms with Crippen LogP contribution in [0.3, 0.4) is 0 Å². The Morgan fingerprint density at radius 1 is 1.19 bits per heavy atom. The second kappa shape index (κ2) is 7.70. The van der Waals surface area contributed by atoms with Crippen LogP contribution in [0.15, 0.2) is 53.5 Å². The topological polar surface area (TPSA) is 89.8 Å². The van der Waals surface area contributed by atoms with Crippen molar-refractivity contribution in [3.05, 3.63) is 70.3 Å². The highest BCUT2D eigenvalue weighted by atomic mass is 32.1. The van der Waals surface area contributed by atoms with Gasteiger partial charge in [0.05, 0.1) is 5.69 Å². The van der Waals surface area contributed by atoms with Crippen LogP contribution >= 0.6 is 11.3 Å². The van der Waals surface area contributed by atoms with E-state index in [1.807, 2.05) is 37.3 Å². The number of amides is 1. The number of hydrogen-bond donors (Lipinski definition) is 1. The molecule has 0 bridgehead atoms. The summed E-state index contributed by atoms with van der Waals surface area (Å²) in [5, 5.41) is 8.26. The largest absolute Gasteiger partial charge is 0.324 e. The monoisotopic (exact) mass is 431 g/mol. The third kappa shape index (κ3) is 3.74. The summed E-state index contributed by atoms with van der Waals surface area (Å²) in [6.45, 7) is 3.64. The van der Waals surface area contributed by atoms with Gasteiger partial charge in [-0.05, 0) is 56.5 Å². The number of benzene rings is 1. The Balaban J connectivity index is 1.42. The molecule has 1 N–H and O–H groups in total. The van der Waals surface area contributed by atoms with Crippen LogP contribution in [-0.4, -0.2) is 25.7 Å². The van der Waals surface area contributed by atoms with E-state index in [2.05, 4.69) is 20.4 Å². The van der Waals surface area contributed by atoms with Crippen LogP contribution in [0.1, 0.15) is 43.0 Å². The highest BCUT2D eigenvalue weighted by molar-refractivity contribution is 7.21. The zero-order chi connectivity index (χ0) is 21.5. The summed E-state index contributed by atoms with van der Waals surface area (Å²) in [6, 6.07) is 12.1. The average molecular weight is 432 g/mol. The smallest absolute Gasteiger partial charge is 0.267 e. The lowest BCUT2D eigenvalue weighted by atomic mass is 10.1. The van der Waals surface area contributed by atoms with E-state index in [1.165, 1.54) is 22.1 Å². The van der Waals surface area contributed by atoms with Crippen LogP contribution in [0.25, 0.3) is 20.9 Å². The number of thiazole rings is 1. The van der Waals surface area contributed by atoms with Crippen molar-refractivity contribution in [2.24, 2.45) is 0 Å². The Labute approximate surface area is 182 Å². The van der Waals surface area contributed by atoms with Gasteiger partial charge in [-0.25, -0.2) is 14.6 Å². The quantitative estimate of drug-likeness (QED) is 0.509. The fraction of sp³-hybridized carbons (Fsp3) is 0.261. The van der Waals surface area contributed by atoms with Crippen LogP contribution in [-0.2, 0) is 4.79 Å². The molecular formula is C23H21N5O2S. The molecule has 1 fully saturated rings. The Hall–Kier alpha value is -3.39. The molecule has 0 aliphatic heterocycles. The summed E-state index contributed by atoms with van der Waals surface area (Å²) in [4.78, 5) is 35.2.